The minimum Gasteiger partial charge on any atom is -0.461 e. The highest BCUT2D eigenvalue weighted by molar-refractivity contribution is 5.88. The molecule has 0 radical (unpaired) electrons. The van der Waals surface area contributed by atoms with Crippen molar-refractivity contribution >= 4 is 17.9 Å². The molecule has 0 aliphatic carbocycles. The van der Waals surface area contributed by atoms with Gasteiger partial charge in [-0.25, -0.2) is 14.3 Å². The molecule has 0 aromatic carbocycles. The molecular weight excluding hydrogens is 374 g/mol. The molecule has 1 unspecified atom stereocenters. The molecule has 2 aromatic heterocycles. The van der Waals surface area contributed by atoms with E-state index in [1.807, 2.05) is 0 Å². The van der Waals surface area contributed by atoms with Gasteiger partial charge in [0, 0.05) is 12.3 Å². The summed E-state index contributed by atoms with van der Waals surface area (Å²) < 4.78 is 11.7. The molecule has 3 N–H and O–H groups in total. The van der Waals surface area contributed by atoms with E-state index in [4.69, 9.17) is 15.2 Å². The molecular formula is C20H27N5O4. The highest BCUT2D eigenvalue weighted by Gasteiger charge is 2.21. The van der Waals surface area contributed by atoms with E-state index in [1.54, 1.807) is 52.1 Å². The van der Waals surface area contributed by atoms with Gasteiger partial charge in [-0.15, -0.1) is 6.58 Å². The van der Waals surface area contributed by atoms with Gasteiger partial charge in [0.1, 0.15) is 11.4 Å². The monoisotopic (exact) mass is 401 g/mol. The number of hydrogen-bond donors (Lipinski definition) is 2. The predicted molar refractivity (Wildman–Crippen MR) is 109 cm³/mol. The number of carbonyl (C=O) groups is 2. The van der Waals surface area contributed by atoms with Gasteiger partial charge >= 0.3 is 12.1 Å². The van der Waals surface area contributed by atoms with Crippen LogP contribution < -0.4 is 11.1 Å². The maximum absolute atomic E-state index is 12.2. The van der Waals surface area contributed by atoms with E-state index in [-0.39, 0.29) is 18.1 Å². The Balaban J connectivity index is 2.30. The van der Waals surface area contributed by atoms with Crippen LogP contribution in [0.3, 0.4) is 0 Å². The molecule has 0 aliphatic rings. The molecule has 1 atom stereocenters. The fraction of sp³-hybridized carbons (Fsp3) is 0.400. The molecule has 29 heavy (non-hydrogen) atoms. The van der Waals surface area contributed by atoms with Crippen LogP contribution in [-0.4, -0.2) is 39.0 Å². The van der Waals surface area contributed by atoms with Gasteiger partial charge in [-0.2, -0.15) is 5.10 Å². The molecule has 0 bridgehead atoms. The molecule has 9 nitrogen and oxygen atoms in total. The number of alkyl carbamates (subject to hydrolysis) is 1. The van der Waals surface area contributed by atoms with Crippen molar-refractivity contribution in [1.82, 2.24) is 20.1 Å². The highest BCUT2D eigenvalue weighted by atomic mass is 16.6. The lowest BCUT2D eigenvalue weighted by atomic mass is 10.1. The Morgan fingerprint density at radius 3 is 2.72 bits per heavy atom. The van der Waals surface area contributed by atoms with Gasteiger partial charge in [-0.3, -0.25) is 4.98 Å². The summed E-state index contributed by atoms with van der Waals surface area (Å²) in [5.41, 5.74) is 6.65. The van der Waals surface area contributed by atoms with Crippen molar-refractivity contribution in [1.29, 1.82) is 0 Å². The number of nitrogens with one attached hydrogen (secondary N) is 1. The van der Waals surface area contributed by atoms with E-state index >= 15 is 0 Å². The molecule has 0 saturated carbocycles. The fourth-order valence-electron chi connectivity index (χ4n) is 2.54. The summed E-state index contributed by atoms with van der Waals surface area (Å²) >= 11 is 0. The van der Waals surface area contributed by atoms with Crippen molar-refractivity contribution in [3.05, 3.63) is 48.4 Å². The summed E-state index contributed by atoms with van der Waals surface area (Å²) in [6, 6.07) is 4.41. The molecule has 2 heterocycles. The van der Waals surface area contributed by atoms with Crippen LogP contribution in [0.1, 0.15) is 56.3 Å². The Bertz CT molecular complexity index is 885. The van der Waals surface area contributed by atoms with Crippen molar-refractivity contribution < 1.29 is 19.1 Å². The second kappa shape index (κ2) is 9.22. The Morgan fingerprint density at radius 2 is 2.10 bits per heavy atom. The quantitative estimate of drug-likeness (QED) is 0.540. The number of esters is 1. The van der Waals surface area contributed by atoms with Gasteiger partial charge in [0.15, 0.2) is 5.69 Å². The zero-order valence-corrected chi connectivity index (χ0v) is 17.1. The SMILES string of the molecule is C=CCC(NC(=O)OC(C)(C)C)c1cc(-n2nc(C(=O)OCC)cc2N)ccn1. The van der Waals surface area contributed by atoms with E-state index in [2.05, 4.69) is 22.0 Å². The number of pyridine rings is 1. The maximum Gasteiger partial charge on any atom is 0.408 e. The van der Waals surface area contributed by atoms with E-state index in [0.717, 1.165) is 0 Å². The molecule has 0 aliphatic heterocycles. The third-order valence-electron chi connectivity index (χ3n) is 3.68. The zero-order valence-electron chi connectivity index (χ0n) is 17.1. The molecule has 0 fully saturated rings. The van der Waals surface area contributed by atoms with Crippen molar-refractivity contribution in [2.45, 2.75) is 45.8 Å². The summed E-state index contributed by atoms with van der Waals surface area (Å²) in [6.07, 6.45) is 3.14. The van der Waals surface area contributed by atoms with E-state index < -0.39 is 23.7 Å². The Kier molecular flexibility index (Phi) is 6.98. The number of amides is 1. The lowest BCUT2D eigenvalue weighted by Crippen LogP contribution is -2.35. The summed E-state index contributed by atoms with van der Waals surface area (Å²) in [5.74, 6) is -0.283. The van der Waals surface area contributed by atoms with Gasteiger partial charge in [-0.05, 0) is 46.2 Å². The topological polar surface area (TPSA) is 121 Å². The van der Waals surface area contributed by atoms with Crippen molar-refractivity contribution in [2.75, 3.05) is 12.3 Å². The minimum atomic E-state index is -0.620. The van der Waals surface area contributed by atoms with Gasteiger partial charge in [0.05, 0.1) is 24.0 Å². The Labute approximate surface area is 169 Å². The van der Waals surface area contributed by atoms with Gasteiger partial charge in [0.25, 0.3) is 0 Å². The highest BCUT2D eigenvalue weighted by Crippen LogP contribution is 2.21. The molecule has 0 spiro atoms. The van der Waals surface area contributed by atoms with E-state index in [0.29, 0.717) is 17.8 Å². The van der Waals surface area contributed by atoms with Gasteiger partial charge in [0.2, 0.25) is 0 Å². The number of nitrogens with two attached hydrogens (primary N) is 1. The smallest absolute Gasteiger partial charge is 0.408 e. The van der Waals surface area contributed by atoms with Crippen LogP contribution in [0.4, 0.5) is 10.6 Å². The average molecular weight is 401 g/mol. The maximum atomic E-state index is 12.2. The van der Waals surface area contributed by atoms with Crippen molar-refractivity contribution in [3.63, 3.8) is 0 Å². The number of nitrogens with zero attached hydrogens (tertiary/aromatic N) is 3. The van der Waals surface area contributed by atoms with E-state index in [1.165, 1.54) is 10.7 Å². The first-order valence-corrected chi connectivity index (χ1v) is 9.24. The first kappa shape index (κ1) is 21.9. The molecule has 9 heteroatoms. The zero-order chi connectivity index (χ0) is 21.6. The molecule has 156 valence electrons. The third-order valence-corrected chi connectivity index (χ3v) is 3.68. The second-order valence-electron chi connectivity index (χ2n) is 7.25. The number of aromatic nitrogens is 3. The summed E-state index contributed by atoms with van der Waals surface area (Å²) in [4.78, 5) is 28.4. The summed E-state index contributed by atoms with van der Waals surface area (Å²) in [7, 11) is 0. The van der Waals surface area contributed by atoms with E-state index in [9.17, 15) is 9.59 Å². The lowest BCUT2D eigenvalue weighted by molar-refractivity contribution is 0.0497. The minimum absolute atomic E-state index is 0.109. The number of rotatable bonds is 7. The van der Waals surface area contributed by atoms with Gasteiger partial charge in [-0.1, -0.05) is 6.08 Å². The third kappa shape index (κ3) is 6.06. The standard InChI is InChI=1S/C20H27N5O4/c1-6-8-14(23-19(27)29-20(3,4)5)15-11-13(9-10-22-15)25-17(21)12-16(24-25)18(26)28-7-2/h6,9-12,14H,1,7-8,21H2,2-5H3,(H,23,27). The summed E-state index contributed by atoms with van der Waals surface area (Å²) in [6.45, 7) is 11.0. The summed E-state index contributed by atoms with van der Waals surface area (Å²) in [5, 5.41) is 7.01. The molecule has 2 aromatic rings. The second-order valence-corrected chi connectivity index (χ2v) is 7.25. The molecule has 1 amide bonds. The fourth-order valence-corrected chi connectivity index (χ4v) is 2.54. The van der Waals surface area contributed by atoms with Crippen LogP contribution in [0.15, 0.2) is 37.1 Å². The first-order chi connectivity index (χ1) is 13.6. The van der Waals surface area contributed by atoms with Crippen LogP contribution >= 0.6 is 0 Å². The normalized spacial score (nSPS) is 12.1. The number of nitrogen functional groups attached to an aromatic ring is 1. The Hall–Kier alpha value is -3.36. The Morgan fingerprint density at radius 1 is 1.38 bits per heavy atom. The van der Waals surface area contributed by atoms with Crippen molar-refractivity contribution in [2.24, 2.45) is 0 Å². The van der Waals surface area contributed by atoms with Crippen LogP contribution in [0, 0.1) is 0 Å². The first-order valence-electron chi connectivity index (χ1n) is 9.24. The van der Waals surface area contributed by atoms with Gasteiger partial charge < -0.3 is 20.5 Å². The van der Waals surface area contributed by atoms with Crippen molar-refractivity contribution in [3.8, 4) is 5.69 Å². The largest absolute Gasteiger partial charge is 0.461 e. The van der Waals surface area contributed by atoms with Crippen LogP contribution in [0.2, 0.25) is 0 Å². The number of ether oxygens (including phenoxy) is 2. The van der Waals surface area contributed by atoms with Crippen LogP contribution in [-0.2, 0) is 9.47 Å². The molecule has 0 saturated heterocycles. The van der Waals surface area contributed by atoms with Crippen LogP contribution in [0.25, 0.3) is 5.69 Å². The van der Waals surface area contributed by atoms with Crippen LogP contribution in [0.5, 0.6) is 0 Å². The predicted octanol–water partition coefficient (Wildman–Crippen LogP) is 3.17. The average Bonchev–Trinajstić information content (AvgIpc) is 3.02. The molecule has 2 rings (SSSR count). The number of hydrogen-bond acceptors (Lipinski definition) is 7. The lowest BCUT2D eigenvalue weighted by Gasteiger charge is -2.23. The number of carbonyl (C=O) groups excluding carboxylic acids is 2. The number of anilines is 1.